The van der Waals surface area contributed by atoms with Crippen molar-refractivity contribution in [3.05, 3.63) is 35.7 Å². The van der Waals surface area contributed by atoms with Gasteiger partial charge >= 0.3 is 0 Å². The summed E-state index contributed by atoms with van der Waals surface area (Å²) in [7, 11) is 1.72. The fraction of sp³-hybridized carbons (Fsp3) is 0.611. The van der Waals surface area contributed by atoms with Crippen LogP contribution in [-0.4, -0.2) is 25.2 Å². The van der Waals surface area contributed by atoms with Gasteiger partial charge in [0.1, 0.15) is 5.75 Å². The first-order valence-corrected chi connectivity index (χ1v) is 7.66. The summed E-state index contributed by atoms with van der Waals surface area (Å²) >= 11 is 0. The van der Waals surface area contributed by atoms with Crippen molar-refractivity contribution < 1.29 is 4.74 Å². The molecule has 0 radical (unpaired) electrons. The first kappa shape index (κ1) is 17.7. The molecule has 1 unspecified atom stereocenters. The lowest BCUT2D eigenvalue weighted by atomic mass is 9.84. The van der Waals surface area contributed by atoms with E-state index in [0.717, 1.165) is 42.1 Å². The molecule has 0 amide bonds. The first-order chi connectivity index (χ1) is 9.83. The van der Waals surface area contributed by atoms with Crippen LogP contribution in [0.4, 0.5) is 0 Å². The zero-order chi connectivity index (χ0) is 16.0. The minimum atomic E-state index is -0.00702. The van der Waals surface area contributed by atoms with Crippen LogP contribution in [-0.2, 0) is 6.42 Å². The highest BCUT2D eigenvalue weighted by Gasteiger charge is 2.23. The number of pyridine rings is 1. The van der Waals surface area contributed by atoms with Crippen molar-refractivity contribution in [3.63, 3.8) is 0 Å². The van der Waals surface area contributed by atoms with Crippen LogP contribution in [0, 0.1) is 25.2 Å². The van der Waals surface area contributed by atoms with Crippen molar-refractivity contribution in [2.45, 2.75) is 41.0 Å². The molecule has 0 fully saturated rings. The van der Waals surface area contributed by atoms with Gasteiger partial charge < -0.3 is 10.1 Å². The van der Waals surface area contributed by atoms with Crippen molar-refractivity contribution in [2.75, 3.05) is 20.2 Å². The molecule has 0 saturated carbocycles. The predicted molar refractivity (Wildman–Crippen MR) is 90.0 cm³/mol. The van der Waals surface area contributed by atoms with Crippen LogP contribution in [0.5, 0.6) is 5.75 Å². The largest absolute Gasteiger partial charge is 0.496 e. The van der Waals surface area contributed by atoms with Gasteiger partial charge in [0.2, 0.25) is 0 Å². The maximum Gasteiger partial charge on any atom is 0.128 e. The predicted octanol–water partition coefficient (Wildman–Crippen LogP) is 3.69. The number of aromatic nitrogens is 1. The molecule has 1 heterocycles. The number of ether oxygens (including phenoxy) is 1. The SMILES string of the molecule is C=CC(C)(CNCC(C)C)Cc1ncc(C)c(OC)c1C. The average molecular weight is 290 g/mol. The summed E-state index contributed by atoms with van der Waals surface area (Å²) in [5.41, 5.74) is 3.30. The zero-order valence-electron chi connectivity index (χ0n) is 14.4. The molecule has 0 saturated heterocycles. The molecule has 1 aromatic heterocycles. The Bertz CT molecular complexity index is 482. The highest BCUT2D eigenvalue weighted by molar-refractivity contribution is 5.41. The average Bonchev–Trinajstić information content (AvgIpc) is 2.42. The van der Waals surface area contributed by atoms with Gasteiger partial charge in [0.25, 0.3) is 0 Å². The second-order valence-electron chi connectivity index (χ2n) is 6.61. The van der Waals surface area contributed by atoms with Crippen molar-refractivity contribution >= 4 is 0 Å². The molecule has 0 aromatic carbocycles. The molecule has 118 valence electrons. The van der Waals surface area contributed by atoms with Crippen LogP contribution in [0.25, 0.3) is 0 Å². The summed E-state index contributed by atoms with van der Waals surface area (Å²) in [6.45, 7) is 16.7. The molecule has 1 rings (SSSR count). The van der Waals surface area contributed by atoms with Crippen molar-refractivity contribution in [1.82, 2.24) is 10.3 Å². The lowest BCUT2D eigenvalue weighted by molar-refractivity contribution is 0.370. The van der Waals surface area contributed by atoms with Crippen LogP contribution in [0.1, 0.15) is 37.6 Å². The highest BCUT2D eigenvalue weighted by atomic mass is 16.5. The molecule has 0 aliphatic carbocycles. The van der Waals surface area contributed by atoms with Gasteiger partial charge in [-0.3, -0.25) is 4.98 Å². The lowest BCUT2D eigenvalue weighted by Gasteiger charge is -2.27. The monoisotopic (exact) mass is 290 g/mol. The van der Waals surface area contributed by atoms with E-state index < -0.39 is 0 Å². The van der Waals surface area contributed by atoms with E-state index in [1.165, 1.54) is 0 Å². The van der Waals surface area contributed by atoms with Crippen molar-refractivity contribution in [2.24, 2.45) is 11.3 Å². The van der Waals surface area contributed by atoms with Gasteiger partial charge in [-0.05, 0) is 26.3 Å². The Balaban J connectivity index is 2.88. The smallest absolute Gasteiger partial charge is 0.128 e. The number of rotatable bonds is 8. The Morgan fingerprint density at radius 2 is 2.10 bits per heavy atom. The topological polar surface area (TPSA) is 34.2 Å². The van der Waals surface area contributed by atoms with Gasteiger partial charge in [-0.15, -0.1) is 6.58 Å². The van der Waals surface area contributed by atoms with E-state index in [-0.39, 0.29) is 5.41 Å². The van der Waals surface area contributed by atoms with Crippen LogP contribution in [0.2, 0.25) is 0 Å². The molecular weight excluding hydrogens is 260 g/mol. The second-order valence-corrected chi connectivity index (χ2v) is 6.61. The molecule has 0 aliphatic rings. The Hall–Kier alpha value is -1.35. The first-order valence-electron chi connectivity index (χ1n) is 7.66. The summed E-state index contributed by atoms with van der Waals surface area (Å²) in [4.78, 5) is 4.61. The Morgan fingerprint density at radius 1 is 1.43 bits per heavy atom. The standard InChI is InChI=1S/C18H30N2O/c1-8-18(6,12-19-10-13(2)3)9-16-15(5)17(21-7)14(4)11-20-16/h8,11,13,19H,1,9-10,12H2,2-7H3. The molecule has 1 atom stereocenters. The minimum absolute atomic E-state index is 0.00702. The van der Waals surface area contributed by atoms with Crippen molar-refractivity contribution in [3.8, 4) is 5.75 Å². The van der Waals surface area contributed by atoms with E-state index in [2.05, 4.69) is 44.6 Å². The maximum absolute atomic E-state index is 5.50. The summed E-state index contributed by atoms with van der Waals surface area (Å²) in [5, 5.41) is 3.53. The third-order valence-corrected chi connectivity index (χ3v) is 3.90. The van der Waals surface area contributed by atoms with E-state index in [4.69, 9.17) is 4.74 Å². The number of methoxy groups -OCH3 is 1. The summed E-state index contributed by atoms with van der Waals surface area (Å²) < 4.78 is 5.50. The Kier molecular flexibility index (Phi) is 6.41. The van der Waals surface area contributed by atoms with Crippen LogP contribution < -0.4 is 10.1 Å². The number of nitrogens with one attached hydrogen (secondary N) is 1. The molecule has 0 aliphatic heterocycles. The second kappa shape index (κ2) is 7.60. The lowest BCUT2D eigenvalue weighted by Crippen LogP contribution is -2.34. The fourth-order valence-corrected chi connectivity index (χ4v) is 2.49. The van der Waals surface area contributed by atoms with Gasteiger partial charge in [-0.2, -0.15) is 0 Å². The Morgan fingerprint density at radius 3 is 2.62 bits per heavy atom. The van der Waals surface area contributed by atoms with Gasteiger partial charge in [0, 0.05) is 41.4 Å². The summed E-state index contributed by atoms with van der Waals surface area (Å²) in [5.74, 6) is 1.60. The number of hydrogen-bond acceptors (Lipinski definition) is 3. The molecule has 3 nitrogen and oxygen atoms in total. The highest BCUT2D eigenvalue weighted by Crippen LogP contribution is 2.29. The normalized spacial score (nSPS) is 14.0. The van der Waals surface area contributed by atoms with Gasteiger partial charge in [0.15, 0.2) is 0 Å². The minimum Gasteiger partial charge on any atom is -0.496 e. The molecule has 1 aromatic rings. The van der Waals surface area contributed by atoms with Crippen LogP contribution in [0.15, 0.2) is 18.9 Å². The third kappa shape index (κ3) is 4.85. The molecule has 0 bridgehead atoms. The summed E-state index contributed by atoms with van der Waals surface area (Å²) in [6, 6.07) is 0. The van der Waals surface area contributed by atoms with E-state index in [9.17, 15) is 0 Å². The number of nitrogens with zero attached hydrogens (tertiary/aromatic N) is 1. The number of hydrogen-bond donors (Lipinski definition) is 1. The van der Waals surface area contributed by atoms with E-state index in [1.807, 2.05) is 19.2 Å². The Labute approximate surface area is 129 Å². The van der Waals surface area contributed by atoms with Gasteiger partial charge in [-0.25, -0.2) is 0 Å². The molecule has 21 heavy (non-hydrogen) atoms. The molecule has 1 N–H and O–H groups in total. The van der Waals surface area contributed by atoms with Gasteiger partial charge in [0.05, 0.1) is 7.11 Å². The molecule has 3 heteroatoms. The van der Waals surface area contributed by atoms with Crippen LogP contribution in [0.3, 0.4) is 0 Å². The summed E-state index contributed by atoms with van der Waals surface area (Å²) in [6.07, 6.45) is 4.80. The molecular formula is C18H30N2O. The van der Waals surface area contributed by atoms with E-state index >= 15 is 0 Å². The van der Waals surface area contributed by atoms with E-state index in [0.29, 0.717) is 5.92 Å². The number of aryl methyl sites for hydroxylation is 1. The zero-order valence-corrected chi connectivity index (χ0v) is 14.4. The van der Waals surface area contributed by atoms with Crippen LogP contribution >= 0.6 is 0 Å². The quantitative estimate of drug-likeness (QED) is 0.741. The fourth-order valence-electron chi connectivity index (χ4n) is 2.49. The van der Waals surface area contributed by atoms with E-state index in [1.54, 1.807) is 7.11 Å². The van der Waals surface area contributed by atoms with Gasteiger partial charge in [-0.1, -0.05) is 26.8 Å². The maximum atomic E-state index is 5.50. The third-order valence-electron chi connectivity index (χ3n) is 3.90. The molecule has 0 spiro atoms. The van der Waals surface area contributed by atoms with Crippen molar-refractivity contribution in [1.29, 1.82) is 0 Å².